The standard InChI is InChI=1S/C25H28ClFN4O3S.ClH/c1-4-29(5-2)12-13-30(25-28-22-20(34-3)11-10-19(26)23(22)35-25)24(33)16-14-21(32)31(15-16)18-8-6-17(27)7-9-18;/h6-11,16H,4-5,12-15H2,1-3H3;1H. The smallest absolute Gasteiger partial charge is 0.234 e. The van der Waals surface area contributed by atoms with E-state index < -0.39 is 5.92 Å². The van der Waals surface area contributed by atoms with Gasteiger partial charge in [-0.05, 0) is 49.5 Å². The van der Waals surface area contributed by atoms with Crippen LogP contribution in [0, 0.1) is 11.7 Å². The summed E-state index contributed by atoms with van der Waals surface area (Å²) in [7, 11) is 1.57. The van der Waals surface area contributed by atoms with E-state index in [0.717, 1.165) is 17.8 Å². The number of thiazole rings is 1. The highest BCUT2D eigenvalue weighted by Crippen LogP contribution is 2.39. The van der Waals surface area contributed by atoms with Gasteiger partial charge in [-0.3, -0.25) is 14.5 Å². The molecule has 0 N–H and O–H groups in total. The van der Waals surface area contributed by atoms with Crippen molar-refractivity contribution in [1.29, 1.82) is 0 Å². The van der Waals surface area contributed by atoms with Gasteiger partial charge in [-0.1, -0.05) is 36.8 Å². The molecule has 4 rings (SSSR count). The average molecular weight is 556 g/mol. The Kier molecular flexibility index (Phi) is 9.52. The quantitative estimate of drug-likeness (QED) is 0.361. The number of ether oxygens (including phenoxy) is 1. The first-order chi connectivity index (χ1) is 16.9. The van der Waals surface area contributed by atoms with Crippen LogP contribution >= 0.6 is 35.3 Å². The Morgan fingerprint density at radius 2 is 1.89 bits per heavy atom. The highest BCUT2D eigenvalue weighted by atomic mass is 35.5. The summed E-state index contributed by atoms with van der Waals surface area (Å²) in [4.78, 5) is 36.7. The first-order valence-electron chi connectivity index (χ1n) is 11.6. The van der Waals surface area contributed by atoms with Gasteiger partial charge in [0.25, 0.3) is 0 Å². The van der Waals surface area contributed by atoms with Crippen LogP contribution in [0.4, 0.5) is 15.2 Å². The average Bonchev–Trinajstić information content (AvgIpc) is 3.47. The van der Waals surface area contributed by atoms with Crippen molar-refractivity contribution >= 4 is 68.2 Å². The molecule has 0 aliphatic carbocycles. The van der Waals surface area contributed by atoms with Crippen LogP contribution in [0.3, 0.4) is 0 Å². The van der Waals surface area contributed by atoms with Crippen molar-refractivity contribution in [3.63, 3.8) is 0 Å². The van der Waals surface area contributed by atoms with E-state index in [4.69, 9.17) is 21.3 Å². The van der Waals surface area contributed by atoms with Gasteiger partial charge in [0.1, 0.15) is 17.1 Å². The molecule has 194 valence electrons. The van der Waals surface area contributed by atoms with Gasteiger partial charge >= 0.3 is 0 Å². The minimum Gasteiger partial charge on any atom is -0.494 e. The number of hydrogen-bond donors (Lipinski definition) is 0. The second kappa shape index (κ2) is 12.2. The Hall–Kier alpha value is -2.46. The zero-order valence-electron chi connectivity index (χ0n) is 20.4. The molecular weight excluding hydrogens is 526 g/mol. The molecule has 3 aromatic rings. The molecule has 1 saturated heterocycles. The number of likely N-dealkylation sites (N-methyl/N-ethyl adjacent to an activating group) is 1. The lowest BCUT2D eigenvalue weighted by molar-refractivity contribution is -0.124. The Balaban J connectivity index is 0.00000361. The first-order valence-corrected chi connectivity index (χ1v) is 12.8. The lowest BCUT2D eigenvalue weighted by Crippen LogP contribution is -2.42. The summed E-state index contributed by atoms with van der Waals surface area (Å²) in [5.74, 6) is -0.646. The number of halogens is 3. The van der Waals surface area contributed by atoms with E-state index in [9.17, 15) is 14.0 Å². The topological polar surface area (TPSA) is 66.0 Å². The van der Waals surface area contributed by atoms with E-state index in [2.05, 4.69) is 18.7 Å². The molecule has 1 aromatic heterocycles. The van der Waals surface area contributed by atoms with Crippen LogP contribution in [-0.2, 0) is 9.59 Å². The fourth-order valence-corrected chi connectivity index (χ4v) is 5.55. The molecular formula is C25H29Cl2FN4O3S. The lowest BCUT2D eigenvalue weighted by atomic mass is 10.1. The number of anilines is 2. The fraction of sp³-hybridized carbons (Fsp3) is 0.400. The minimum atomic E-state index is -0.534. The highest BCUT2D eigenvalue weighted by Gasteiger charge is 2.38. The van der Waals surface area contributed by atoms with Crippen LogP contribution in [0.1, 0.15) is 20.3 Å². The third-order valence-corrected chi connectivity index (χ3v) is 7.85. The molecule has 2 heterocycles. The van der Waals surface area contributed by atoms with Gasteiger partial charge in [-0.15, -0.1) is 12.4 Å². The fourth-order valence-electron chi connectivity index (χ4n) is 4.27. The number of methoxy groups -OCH3 is 1. The van der Waals surface area contributed by atoms with E-state index >= 15 is 0 Å². The zero-order chi connectivity index (χ0) is 25.1. The van der Waals surface area contributed by atoms with Gasteiger partial charge in [-0.25, -0.2) is 9.37 Å². The summed E-state index contributed by atoms with van der Waals surface area (Å²) in [6.45, 7) is 7.21. The predicted molar refractivity (Wildman–Crippen MR) is 145 cm³/mol. The van der Waals surface area contributed by atoms with Crippen molar-refractivity contribution in [2.45, 2.75) is 20.3 Å². The number of hydrogen-bond acceptors (Lipinski definition) is 6. The summed E-state index contributed by atoms with van der Waals surface area (Å²) in [6, 6.07) is 9.24. The maximum absolute atomic E-state index is 13.8. The van der Waals surface area contributed by atoms with E-state index in [1.165, 1.54) is 23.5 Å². The van der Waals surface area contributed by atoms with Crippen LogP contribution in [0.15, 0.2) is 36.4 Å². The van der Waals surface area contributed by atoms with Gasteiger partial charge < -0.3 is 14.5 Å². The Labute approximate surface area is 225 Å². The van der Waals surface area contributed by atoms with Crippen LogP contribution < -0.4 is 14.5 Å². The molecule has 0 spiro atoms. The predicted octanol–water partition coefficient (Wildman–Crippen LogP) is 5.25. The maximum Gasteiger partial charge on any atom is 0.234 e. The third-order valence-electron chi connectivity index (χ3n) is 6.31. The molecule has 1 aliphatic heterocycles. The van der Waals surface area contributed by atoms with E-state index in [1.807, 2.05) is 0 Å². The monoisotopic (exact) mass is 554 g/mol. The highest BCUT2D eigenvalue weighted by molar-refractivity contribution is 7.23. The number of aromatic nitrogens is 1. The molecule has 1 atom stereocenters. The maximum atomic E-state index is 13.8. The normalized spacial score (nSPS) is 15.4. The van der Waals surface area contributed by atoms with Crippen molar-refractivity contribution in [3.8, 4) is 5.75 Å². The number of amides is 2. The number of nitrogens with zero attached hydrogens (tertiary/aromatic N) is 4. The molecule has 1 fully saturated rings. The lowest BCUT2D eigenvalue weighted by Gasteiger charge is -2.26. The summed E-state index contributed by atoms with van der Waals surface area (Å²) in [5.41, 5.74) is 1.19. The molecule has 1 aliphatic rings. The van der Waals surface area contributed by atoms with Crippen molar-refractivity contribution in [3.05, 3.63) is 47.2 Å². The largest absolute Gasteiger partial charge is 0.494 e. The Morgan fingerprint density at radius 3 is 2.53 bits per heavy atom. The number of fused-ring (bicyclic) bond motifs is 1. The minimum absolute atomic E-state index is 0. The number of carbonyl (C=O) groups excluding carboxylic acids is 2. The van der Waals surface area contributed by atoms with E-state index in [0.29, 0.717) is 40.2 Å². The third kappa shape index (κ3) is 5.75. The molecule has 2 aromatic carbocycles. The van der Waals surface area contributed by atoms with Crippen LogP contribution in [0.2, 0.25) is 5.02 Å². The van der Waals surface area contributed by atoms with Crippen LogP contribution in [0.25, 0.3) is 10.2 Å². The molecule has 11 heteroatoms. The van der Waals surface area contributed by atoms with Gasteiger partial charge in [0.2, 0.25) is 11.8 Å². The summed E-state index contributed by atoms with van der Waals surface area (Å²) < 4.78 is 19.6. The molecule has 7 nitrogen and oxygen atoms in total. The summed E-state index contributed by atoms with van der Waals surface area (Å²) >= 11 is 7.76. The first kappa shape index (κ1) is 28.1. The van der Waals surface area contributed by atoms with Gasteiger partial charge in [-0.2, -0.15) is 0 Å². The molecule has 1 unspecified atom stereocenters. The SMILES string of the molecule is CCN(CC)CCN(C(=O)C1CC(=O)N(c2ccc(F)cc2)C1)c1nc2c(OC)ccc(Cl)c2s1.Cl. The second-order valence-electron chi connectivity index (χ2n) is 8.32. The van der Waals surface area contributed by atoms with Gasteiger partial charge in [0.05, 0.1) is 22.8 Å². The van der Waals surface area contributed by atoms with Crippen molar-refractivity contribution in [2.75, 3.05) is 49.6 Å². The molecule has 2 amide bonds. The van der Waals surface area contributed by atoms with E-state index in [-0.39, 0.29) is 43.0 Å². The summed E-state index contributed by atoms with van der Waals surface area (Å²) in [6.07, 6.45) is 0.0902. The number of rotatable bonds is 9. The molecule has 0 saturated carbocycles. The van der Waals surface area contributed by atoms with Crippen LogP contribution in [0.5, 0.6) is 5.75 Å². The zero-order valence-corrected chi connectivity index (χ0v) is 22.8. The Morgan fingerprint density at radius 1 is 1.19 bits per heavy atom. The molecule has 0 bridgehead atoms. The van der Waals surface area contributed by atoms with Gasteiger partial charge in [0.15, 0.2) is 5.13 Å². The number of carbonyl (C=O) groups is 2. The van der Waals surface area contributed by atoms with Crippen molar-refractivity contribution in [1.82, 2.24) is 9.88 Å². The van der Waals surface area contributed by atoms with Crippen LogP contribution in [-0.4, -0.2) is 61.5 Å². The molecule has 36 heavy (non-hydrogen) atoms. The van der Waals surface area contributed by atoms with E-state index in [1.54, 1.807) is 41.2 Å². The Bertz CT molecular complexity index is 1220. The van der Waals surface area contributed by atoms with Crippen molar-refractivity contribution in [2.24, 2.45) is 5.92 Å². The number of benzene rings is 2. The van der Waals surface area contributed by atoms with Crippen molar-refractivity contribution < 1.29 is 18.7 Å². The van der Waals surface area contributed by atoms with Gasteiger partial charge in [0, 0.05) is 31.7 Å². The second-order valence-corrected chi connectivity index (χ2v) is 9.71. The molecule has 0 radical (unpaired) electrons. The summed E-state index contributed by atoms with van der Waals surface area (Å²) in [5, 5.41) is 1.07.